The summed E-state index contributed by atoms with van der Waals surface area (Å²) in [7, 11) is -3.52. The van der Waals surface area contributed by atoms with E-state index >= 15 is 0 Å². The van der Waals surface area contributed by atoms with Crippen LogP contribution in [0.2, 0.25) is 0 Å². The van der Waals surface area contributed by atoms with Crippen molar-refractivity contribution in [1.29, 1.82) is 0 Å². The SMILES string of the molecule is O=C(c1cc(-c2cccs2)[nH]n1)N1CCN(S(=O)(=O)c2ccc(Br)s2)CC1. The van der Waals surface area contributed by atoms with Crippen LogP contribution in [0, 0.1) is 0 Å². The molecule has 0 unspecified atom stereocenters. The molecule has 0 aliphatic carbocycles. The number of hydrogen-bond donors (Lipinski definition) is 1. The maximum absolute atomic E-state index is 12.7. The number of thiophene rings is 2. The Bertz CT molecular complexity index is 1050. The van der Waals surface area contributed by atoms with Gasteiger partial charge >= 0.3 is 0 Å². The van der Waals surface area contributed by atoms with Crippen LogP contribution in [-0.4, -0.2) is 59.9 Å². The van der Waals surface area contributed by atoms with Gasteiger partial charge in [0.05, 0.1) is 14.4 Å². The van der Waals surface area contributed by atoms with Gasteiger partial charge in [-0.2, -0.15) is 9.40 Å². The van der Waals surface area contributed by atoms with E-state index in [0.717, 1.165) is 14.4 Å². The van der Waals surface area contributed by atoms with E-state index in [0.29, 0.717) is 23.0 Å². The lowest BCUT2D eigenvalue weighted by Gasteiger charge is -2.33. The number of piperazine rings is 1. The van der Waals surface area contributed by atoms with E-state index in [9.17, 15) is 13.2 Å². The highest BCUT2D eigenvalue weighted by atomic mass is 79.9. The summed E-state index contributed by atoms with van der Waals surface area (Å²) in [6.45, 7) is 1.22. The molecule has 0 spiro atoms. The highest BCUT2D eigenvalue weighted by Gasteiger charge is 2.32. The van der Waals surface area contributed by atoms with Crippen molar-refractivity contribution in [3.63, 3.8) is 0 Å². The first kappa shape index (κ1) is 18.8. The molecule has 0 bridgehead atoms. The Balaban J connectivity index is 1.42. The van der Waals surface area contributed by atoms with Crippen molar-refractivity contribution < 1.29 is 13.2 Å². The van der Waals surface area contributed by atoms with Crippen LogP contribution in [0.25, 0.3) is 10.6 Å². The number of carbonyl (C=O) groups is 1. The zero-order valence-corrected chi connectivity index (χ0v) is 18.0. The number of nitrogens with one attached hydrogen (secondary N) is 1. The molecule has 1 aliphatic heterocycles. The maximum atomic E-state index is 12.7. The van der Waals surface area contributed by atoms with Gasteiger partial charge in [0.25, 0.3) is 15.9 Å². The zero-order chi connectivity index (χ0) is 19.0. The number of halogens is 1. The summed E-state index contributed by atoms with van der Waals surface area (Å²) >= 11 is 6.05. The third-order valence-electron chi connectivity index (χ3n) is 4.25. The Labute approximate surface area is 172 Å². The second-order valence-corrected chi connectivity index (χ2v) is 11.5. The number of sulfonamides is 1. The molecule has 0 atom stereocenters. The molecule has 1 amide bonds. The van der Waals surface area contributed by atoms with Crippen molar-refractivity contribution in [2.24, 2.45) is 0 Å². The van der Waals surface area contributed by atoms with Gasteiger partial charge in [-0.3, -0.25) is 9.89 Å². The summed E-state index contributed by atoms with van der Waals surface area (Å²) in [5.74, 6) is -0.190. The first-order valence-electron chi connectivity index (χ1n) is 8.09. The van der Waals surface area contributed by atoms with Crippen LogP contribution in [0.15, 0.2) is 43.7 Å². The van der Waals surface area contributed by atoms with Crippen molar-refractivity contribution in [2.75, 3.05) is 26.2 Å². The van der Waals surface area contributed by atoms with E-state index in [1.165, 1.54) is 15.6 Å². The minimum absolute atomic E-state index is 0.190. The molecular formula is C16H15BrN4O3S3. The highest BCUT2D eigenvalue weighted by molar-refractivity contribution is 9.11. The zero-order valence-electron chi connectivity index (χ0n) is 14.0. The van der Waals surface area contributed by atoms with Gasteiger partial charge in [-0.15, -0.1) is 22.7 Å². The molecule has 1 aliphatic rings. The normalized spacial score (nSPS) is 16.0. The first-order chi connectivity index (χ1) is 12.9. The van der Waals surface area contributed by atoms with E-state index in [1.54, 1.807) is 34.4 Å². The van der Waals surface area contributed by atoms with E-state index in [4.69, 9.17) is 0 Å². The van der Waals surface area contributed by atoms with Crippen LogP contribution in [0.5, 0.6) is 0 Å². The first-order valence-corrected chi connectivity index (χ1v) is 12.0. The fourth-order valence-corrected chi connectivity index (χ4v) is 7.13. The van der Waals surface area contributed by atoms with E-state index in [-0.39, 0.29) is 19.0 Å². The minimum Gasteiger partial charge on any atom is -0.335 e. The summed E-state index contributed by atoms with van der Waals surface area (Å²) in [6.07, 6.45) is 0. The molecule has 142 valence electrons. The lowest BCUT2D eigenvalue weighted by atomic mass is 10.2. The monoisotopic (exact) mass is 486 g/mol. The number of nitrogens with zero attached hydrogens (tertiary/aromatic N) is 3. The molecule has 3 aromatic rings. The molecule has 3 aromatic heterocycles. The third kappa shape index (κ3) is 3.74. The van der Waals surface area contributed by atoms with Crippen LogP contribution in [0.3, 0.4) is 0 Å². The quantitative estimate of drug-likeness (QED) is 0.613. The second-order valence-electron chi connectivity index (χ2n) is 5.90. The van der Waals surface area contributed by atoms with Crippen molar-refractivity contribution in [1.82, 2.24) is 19.4 Å². The van der Waals surface area contributed by atoms with Gasteiger partial charge in [-0.05, 0) is 45.6 Å². The smallest absolute Gasteiger partial charge is 0.274 e. The van der Waals surface area contributed by atoms with Crippen LogP contribution in [0.4, 0.5) is 0 Å². The molecule has 4 rings (SSSR count). The number of amides is 1. The third-order valence-corrected chi connectivity index (χ3v) is 9.15. The van der Waals surface area contributed by atoms with Crippen LogP contribution in [-0.2, 0) is 10.0 Å². The van der Waals surface area contributed by atoms with Crippen LogP contribution in [0.1, 0.15) is 10.5 Å². The van der Waals surface area contributed by atoms with Crippen LogP contribution >= 0.6 is 38.6 Å². The molecule has 4 heterocycles. The molecule has 27 heavy (non-hydrogen) atoms. The van der Waals surface area contributed by atoms with Crippen molar-refractivity contribution in [2.45, 2.75) is 4.21 Å². The Kier molecular flexibility index (Phi) is 5.21. The Morgan fingerprint density at radius 3 is 2.59 bits per heavy atom. The number of H-pyrrole nitrogens is 1. The molecule has 1 N–H and O–H groups in total. The molecule has 0 radical (unpaired) electrons. The van der Waals surface area contributed by atoms with Crippen LogP contribution < -0.4 is 0 Å². The van der Waals surface area contributed by atoms with Gasteiger partial charge in [0, 0.05) is 26.2 Å². The van der Waals surface area contributed by atoms with Gasteiger partial charge in [-0.1, -0.05) is 6.07 Å². The predicted molar refractivity (Wildman–Crippen MR) is 109 cm³/mol. The molecule has 11 heteroatoms. The largest absolute Gasteiger partial charge is 0.335 e. The van der Waals surface area contributed by atoms with Crippen molar-refractivity contribution in [3.05, 3.63) is 45.2 Å². The fraction of sp³-hybridized carbons (Fsp3) is 0.250. The van der Waals surface area contributed by atoms with Gasteiger partial charge < -0.3 is 4.90 Å². The fourth-order valence-electron chi connectivity index (χ4n) is 2.85. The van der Waals surface area contributed by atoms with Gasteiger partial charge in [0.15, 0.2) is 5.69 Å². The van der Waals surface area contributed by atoms with Crippen molar-refractivity contribution >= 4 is 54.5 Å². The summed E-state index contributed by atoms with van der Waals surface area (Å²) in [5.41, 5.74) is 1.15. The Hall–Kier alpha value is -1.53. The molecule has 1 fully saturated rings. The van der Waals surface area contributed by atoms with E-state index in [1.807, 2.05) is 17.5 Å². The number of aromatic nitrogens is 2. The van der Waals surface area contributed by atoms with Crippen molar-refractivity contribution in [3.8, 4) is 10.6 Å². The molecular weight excluding hydrogens is 472 g/mol. The molecule has 0 aromatic carbocycles. The maximum Gasteiger partial charge on any atom is 0.274 e. The summed E-state index contributed by atoms with van der Waals surface area (Å²) < 4.78 is 27.9. The molecule has 7 nitrogen and oxygen atoms in total. The van der Waals surface area contributed by atoms with E-state index in [2.05, 4.69) is 26.1 Å². The highest BCUT2D eigenvalue weighted by Crippen LogP contribution is 2.29. The lowest BCUT2D eigenvalue weighted by molar-refractivity contribution is 0.0692. The number of carbonyl (C=O) groups excluding carboxylic acids is 1. The standard InChI is InChI=1S/C16H15BrN4O3S3/c17-14-3-4-15(26-14)27(23,24)21-7-5-20(6-8-21)16(22)12-10-11(18-19-12)13-2-1-9-25-13/h1-4,9-10H,5-8H2,(H,18,19). The minimum atomic E-state index is -3.52. The Morgan fingerprint density at radius 1 is 1.19 bits per heavy atom. The topological polar surface area (TPSA) is 86.4 Å². The molecule has 1 saturated heterocycles. The number of rotatable bonds is 4. The number of aromatic amines is 1. The van der Waals surface area contributed by atoms with Gasteiger partial charge in [-0.25, -0.2) is 8.42 Å². The molecule has 0 saturated carbocycles. The predicted octanol–water partition coefficient (Wildman–Crippen LogP) is 3.11. The average molecular weight is 487 g/mol. The summed E-state index contributed by atoms with van der Waals surface area (Å²) in [4.78, 5) is 15.3. The van der Waals surface area contributed by atoms with Gasteiger partial charge in [0.2, 0.25) is 0 Å². The second kappa shape index (κ2) is 7.47. The summed E-state index contributed by atoms with van der Waals surface area (Å²) in [6, 6.07) is 8.95. The van der Waals surface area contributed by atoms with Gasteiger partial charge in [0.1, 0.15) is 4.21 Å². The lowest BCUT2D eigenvalue weighted by Crippen LogP contribution is -2.50. The van der Waals surface area contributed by atoms with E-state index < -0.39 is 10.0 Å². The average Bonchev–Trinajstić information content (AvgIpc) is 3.41. The Morgan fingerprint density at radius 2 is 1.96 bits per heavy atom. The number of hydrogen-bond acceptors (Lipinski definition) is 6. The summed E-state index contributed by atoms with van der Waals surface area (Å²) in [5, 5.41) is 8.97.